The van der Waals surface area contributed by atoms with E-state index in [0.717, 1.165) is 24.8 Å². The third-order valence-corrected chi connectivity index (χ3v) is 5.92. The highest BCUT2D eigenvalue weighted by Crippen LogP contribution is 2.24. The van der Waals surface area contributed by atoms with Gasteiger partial charge in [-0.3, -0.25) is 19.3 Å². The van der Waals surface area contributed by atoms with Crippen LogP contribution in [0.1, 0.15) is 75.2 Å². The molecule has 1 fully saturated rings. The van der Waals surface area contributed by atoms with Crippen LogP contribution in [0.5, 0.6) is 0 Å². The Hall–Kier alpha value is -2.99. The predicted octanol–water partition coefficient (Wildman–Crippen LogP) is 3.95. The van der Waals surface area contributed by atoms with Crippen molar-refractivity contribution < 1.29 is 19.1 Å². The summed E-state index contributed by atoms with van der Waals surface area (Å²) in [6.07, 6.45) is 7.25. The fourth-order valence-corrected chi connectivity index (χ4v) is 4.23. The number of carbonyl (C=O) groups is 3. The van der Waals surface area contributed by atoms with Gasteiger partial charge in [-0.1, -0.05) is 43.5 Å². The summed E-state index contributed by atoms with van der Waals surface area (Å²) in [5, 5.41) is 2.92. The zero-order valence-electron chi connectivity index (χ0n) is 17.6. The van der Waals surface area contributed by atoms with E-state index in [9.17, 15) is 14.4 Å². The molecule has 162 valence electrons. The Kier molecular flexibility index (Phi) is 6.77. The maximum Gasteiger partial charge on any atom is 0.261 e. The van der Waals surface area contributed by atoms with E-state index < -0.39 is 0 Å². The Balaban J connectivity index is 1.27. The number of ether oxygens (including phenoxy) is 1. The smallest absolute Gasteiger partial charge is 0.261 e. The highest BCUT2D eigenvalue weighted by Gasteiger charge is 2.34. The van der Waals surface area contributed by atoms with Crippen molar-refractivity contribution >= 4 is 17.7 Å². The van der Waals surface area contributed by atoms with Crippen LogP contribution in [-0.4, -0.2) is 41.9 Å². The maximum absolute atomic E-state index is 12.6. The van der Waals surface area contributed by atoms with Gasteiger partial charge in [-0.2, -0.15) is 0 Å². The first-order valence-electron chi connectivity index (χ1n) is 11.1. The lowest BCUT2D eigenvalue weighted by atomic mass is 9.98. The SMILES string of the molecule is O=C(NCCCOC1CCCCC1)c1cccc(CN2C(=O)c3ccccc3C2=O)c1. The van der Waals surface area contributed by atoms with Gasteiger partial charge < -0.3 is 10.1 Å². The van der Waals surface area contributed by atoms with E-state index in [0.29, 0.717) is 35.9 Å². The first-order valence-corrected chi connectivity index (χ1v) is 11.1. The van der Waals surface area contributed by atoms with Gasteiger partial charge in [0.25, 0.3) is 17.7 Å². The Morgan fingerprint density at radius 2 is 1.68 bits per heavy atom. The second kappa shape index (κ2) is 9.88. The molecule has 3 amide bonds. The Morgan fingerprint density at radius 1 is 0.968 bits per heavy atom. The highest BCUT2D eigenvalue weighted by molar-refractivity contribution is 6.21. The fraction of sp³-hybridized carbons (Fsp3) is 0.400. The van der Waals surface area contributed by atoms with Crippen LogP contribution in [0.2, 0.25) is 0 Å². The predicted molar refractivity (Wildman–Crippen MR) is 117 cm³/mol. The van der Waals surface area contributed by atoms with Crippen molar-refractivity contribution in [2.24, 2.45) is 0 Å². The molecule has 2 aromatic carbocycles. The molecule has 0 saturated heterocycles. The van der Waals surface area contributed by atoms with E-state index in [1.165, 1.54) is 24.2 Å². The summed E-state index contributed by atoms with van der Waals surface area (Å²) in [5.41, 5.74) is 2.11. The van der Waals surface area contributed by atoms with Crippen LogP contribution in [0.4, 0.5) is 0 Å². The topological polar surface area (TPSA) is 75.7 Å². The third kappa shape index (κ3) is 5.02. The number of amides is 3. The van der Waals surface area contributed by atoms with Crippen LogP contribution in [-0.2, 0) is 11.3 Å². The average Bonchev–Trinajstić information content (AvgIpc) is 3.05. The number of nitrogens with one attached hydrogen (secondary N) is 1. The van der Waals surface area contributed by atoms with Crippen LogP contribution < -0.4 is 5.32 Å². The van der Waals surface area contributed by atoms with Gasteiger partial charge in [0.15, 0.2) is 0 Å². The van der Waals surface area contributed by atoms with Gasteiger partial charge in [0.05, 0.1) is 23.8 Å². The van der Waals surface area contributed by atoms with Crippen LogP contribution in [0, 0.1) is 0 Å². The summed E-state index contributed by atoms with van der Waals surface area (Å²) in [4.78, 5) is 38.9. The molecule has 0 radical (unpaired) electrons. The molecule has 1 heterocycles. The molecule has 6 nitrogen and oxygen atoms in total. The van der Waals surface area contributed by atoms with E-state index in [1.54, 1.807) is 42.5 Å². The largest absolute Gasteiger partial charge is 0.378 e. The normalized spacial score (nSPS) is 16.5. The summed E-state index contributed by atoms with van der Waals surface area (Å²) < 4.78 is 5.89. The van der Waals surface area contributed by atoms with E-state index >= 15 is 0 Å². The molecule has 0 bridgehead atoms. The van der Waals surface area contributed by atoms with E-state index in [4.69, 9.17) is 4.74 Å². The third-order valence-electron chi connectivity index (χ3n) is 5.92. The average molecular weight is 421 g/mol. The van der Waals surface area contributed by atoms with E-state index in [-0.39, 0.29) is 24.3 Å². The lowest BCUT2D eigenvalue weighted by Crippen LogP contribution is -2.29. The fourth-order valence-electron chi connectivity index (χ4n) is 4.23. The zero-order valence-corrected chi connectivity index (χ0v) is 17.6. The Morgan fingerprint density at radius 3 is 2.39 bits per heavy atom. The van der Waals surface area contributed by atoms with Crippen LogP contribution in [0.25, 0.3) is 0 Å². The summed E-state index contributed by atoms with van der Waals surface area (Å²) in [6, 6.07) is 13.9. The molecule has 0 spiro atoms. The summed E-state index contributed by atoms with van der Waals surface area (Å²) in [7, 11) is 0. The second-order valence-electron chi connectivity index (χ2n) is 8.18. The standard InChI is InChI=1S/C25H28N2O4/c28-23(26-14-7-15-31-20-10-2-1-3-11-20)19-9-6-8-18(16-19)17-27-24(29)21-12-4-5-13-22(21)25(27)30/h4-6,8-9,12-13,16,20H,1-3,7,10-11,14-15,17H2,(H,26,28). The minimum absolute atomic E-state index is 0.142. The van der Waals surface area contributed by atoms with Crippen LogP contribution in [0.15, 0.2) is 48.5 Å². The molecule has 2 aromatic rings. The molecule has 1 aliphatic carbocycles. The molecular weight excluding hydrogens is 392 g/mol. The van der Waals surface area contributed by atoms with Crippen molar-refractivity contribution in [3.8, 4) is 0 Å². The number of carbonyl (C=O) groups excluding carboxylic acids is 3. The lowest BCUT2D eigenvalue weighted by molar-refractivity contribution is 0.0273. The van der Waals surface area contributed by atoms with Crippen molar-refractivity contribution in [1.82, 2.24) is 10.2 Å². The van der Waals surface area contributed by atoms with Gasteiger partial charge in [0.1, 0.15) is 0 Å². The van der Waals surface area contributed by atoms with Gasteiger partial charge in [0, 0.05) is 18.7 Å². The molecule has 6 heteroatoms. The molecule has 1 saturated carbocycles. The lowest BCUT2D eigenvalue weighted by Gasteiger charge is -2.21. The number of fused-ring (bicyclic) bond motifs is 1. The molecular formula is C25H28N2O4. The van der Waals surface area contributed by atoms with Crippen molar-refractivity contribution in [3.63, 3.8) is 0 Å². The maximum atomic E-state index is 12.6. The van der Waals surface area contributed by atoms with E-state index in [2.05, 4.69) is 5.32 Å². The van der Waals surface area contributed by atoms with Gasteiger partial charge in [-0.05, 0) is 49.1 Å². The number of rotatable bonds is 8. The summed E-state index contributed by atoms with van der Waals surface area (Å²) in [5.74, 6) is -0.760. The number of imide groups is 1. The van der Waals surface area contributed by atoms with Gasteiger partial charge in [-0.25, -0.2) is 0 Å². The van der Waals surface area contributed by atoms with Crippen LogP contribution >= 0.6 is 0 Å². The van der Waals surface area contributed by atoms with Crippen molar-refractivity contribution in [2.75, 3.05) is 13.2 Å². The number of hydrogen-bond acceptors (Lipinski definition) is 4. The molecule has 31 heavy (non-hydrogen) atoms. The van der Waals surface area contributed by atoms with Crippen molar-refractivity contribution in [3.05, 3.63) is 70.8 Å². The summed E-state index contributed by atoms with van der Waals surface area (Å²) in [6.45, 7) is 1.35. The molecule has 2 aliphatic rings. The molecule has 4 rings (SSSR count). The molecule has 0 atom stereocenters. The Bertz CT molecular complexity index is 930. The molecule has 1 aliphatic heterocycles. The zero-order chi connectivity index (χ0) is 21.6. The first-order chi connectivity index (χ1) is 15.1. The number of hydrogen-bond donors (Lipinski definition) is 1. The monoisotopic (exact) mass is 420 g/mol. The minimum atomic E-state index is -0.298. The Labute approximate surface area is 182 Å². The molecule has 1 N–H and O–H groups in total. The van der Waals surface area contributed by atoms with Crippen LogP contribution in [0.3, 0.4) is 0 Å². The van der Waals surface area contributed by atoms with Crippen molar-refractivity contribution in [1.29, 1.82) is 0 Å². The van der Waals surface area contributed by atoms with Gasteiger partial charge in [-0.15, -0.1) is 0 Å². The van der Waals surface area contributed by atoms with Crippen molar-refractivity contribution in [2.45, 2.75) is 51.2 Å². The van der Waals surface area contributed by atoms with E-state index in [1.807, 2.05) is 6.07 Å². The number of benzene rings is 2. The summed E-state index contributed by atoms with van der Waals surface area (Å²) >= 11 is 0. The highest BCUT2D eigenvalue weighted by atomic mass is 16.5. The molecule has 0 aromatic heterocycles. The molecule has 0 unspecified atom stereocenters. The number of nitrogens with zero attached hydrogens (tertiary/aromatic N) is 1. The van der Waals surface area contributed by atoms with Gasteiger partial charge >= 0.3 is 0 Å². The van der Waals surface area contributed by atoms with Gasteiger partial charge in [0.2, 0.25) is 0 Å². The minimum Gasteiger partial charge on any atom is -0.378 e. The second-order valence-corrected chi connectivity index (χ2v) is 8.18. The quantitative estimate of drug-likeness (QED) is 0.518. The first kappa shape index (κ1) is 21.2.